The minimum Gasteiger partial charge on any atom is -0.458 e. The van der Waals surface area contributed by atoms with Crippen molar-refractivity contribution in [3.8, 4) is 0 Å². The molecule has 6 heteroatoms. The van der Waals surface area contributed by atoms with Crippen molar-refractivity contribution in [2.45, 2.75) is 12.8 Å². The third-order valence-electron chi connectivity index (χ3n) is 2.37. The Hall–Kier alpha value is -2.63. The molecule has 0 saturated carbocycles. The molecule has 120 valence electrons. The zero-order chi connectivity index (χ0) is 16.8. The Balaban J connectivity index is 0.000000461. The first-order valence-electron chi connectivity index (χ1n) is 6.70. The average molecular weight is 307 g/mol. The van der Waals surface area contributed by atoms with E-state index in [0.717, 1.165) is 25.1 Å². The number of hydrogen-bond donors (Lipinski definition) is 0. The zero-order valence-electron chi connectivity index (χ0n) is 12.5. The van der Waals surface area contributed by atoms with Gasteiger partial charge in [-0.2, -0.15) is 0 Å². The second kappa shape index (κ2) is 12.1. The van der Waals surface area contributed by atoms with Crippen molar-refractivity contribution in [3.05, 3.63) is 50.2 Å². The highest BCUT2D eigenvalue weighted by Crippen LogP contribution is 2.08. The average Bonchev–Trinajstić information content (AvgIpc) is 2.94. The monoisotopic (exact) mass is 307 g/mol. The van der Waals surface area contributed by atoms with E-state index >= 15 is 0 Å². The SMILES string of the molecule is C=CCOC(=O)/C=C\C(=O)OCC=C.C=CN1CCCC1=O. The fraction of sp³-hybridized carbons (Fsp3) is 0.312. The van der Waals surface area contributed by atoms with Crippen LogP contribution in [0, 0.1) is 0 Å². The second-order valence-electron chi connectivity index (χ2n) is 4.04. The number of carbonyl (C=O) groups excluding carboxylic acids is 3. The first-order valence-corrected chi connectivity index (χ1v) is 6.70. The molecule has 6 nitrogen and oxygen atoms in total. The smallest absolute Gasteiger partial charge is 0.331 e. The number of hydrogen-bond acceptors (Lipinski definition) is 5. The molecule has 0 aromatic rings. The van der Waals surface area contributed by atoms with Gasteiger partial charge in [-0.25, -0.2) is 9.59 Å². The van der Waals surface area contributed by atoms with Crippen LogP contribution in [0.2, 0.25) is 0 Å². The fourth-order valence-electron chi connectivity index (χ4n) is 1.38. The van der Waals surface area contributed by atoms with E-state index in [4.69, 9.17) is 0 Å². The fourth-order valence-corrected chi connectivity index (χ4v) is 1.38. The Morgan fingerprint density at radius 3 is 1.82 bits per heavy atom. The maximum absolute atomic E-state index is 10.8. The summed E-state index contributed by atoms with van der Waals surface area (Å²) >= 11 is 0. The van der Waals surface area contributed by atoms with Crippen molar-refractivity contribution >= 4 is 17.8 Å². The van der Waals surface area contributed by atoms with Crippen LogP contribution >= 0.6 is 0 Å². The van der Waals surface area contributed by atoms with Gasteiger partial charge in [0.2, 0.25) is 5.91 Å². The van der Waals surface area contributed by atoms with Gasteiger partial charge < -0.3 is 14.4 Å². The number of nitrogens with zero attached hydrogens (tertiary/aromatic N) is 1. The van der Waals surface area contributed by atoms with Crippen LogP contribution in [-0.2, 0) is 23.9 Å². The van der Waals surface area contributed by atoms with Gasteiger partial charge in [0.1, 0.15) is 13.2 Å². The molecule has 0 aliphatic carbocycles. The van der Waals surface area contributed by atoms with Crippen LogP contribution in [0.25, 0.3) is 0 Å². The highest BCUT2D eigenvalue weighted by atomic mass is 16.5. The molecule has 0 aromatic carbocycles. The number of carbonyl (C=O) groups is 3. The van der Waals surface area contributed by atoms with E-state index in [-0.39, 0.29) is 19.1 Å². The normalized spacial score (nSPS) is 13.1. The standard InChI is InChI=1S/C10H12O4.C6H9NO/c1-3-7-13-9(11)5-6-10(12)14-8-4-2;1-2-7-5-3-4-6(7)8/h3-6H,1-2,7-8H2;2H,1,3-5H2/b6-5-;. The minimum absolute atomic E-state index is 0.116. The van der Waals surface area contributed by atoms with Gasteiger partial charge in [-0.15, -0.1) is 0 Å². The molecule has 1 aliphatic rings. The van der Waals surface area contributed by atoms with Crippen LogP contribution in [0.4, 0.5) is 0 Å². The third-order valence-corrected chi connectivity index (χ3v) is 2.37. The summed E-state index contributed by atoms with van der Waals surface area (Å²) in [6, 6.07) is 0. The van der Waals surface area contributed by atoms with E-state index in [2.05, 4.69) is 29.2 Å². The van der Waals surface area contributed by atoms with Crippen molar-refractivity contribution in [1.82, 2.24) is 4.90 Å². The largest absolute Gasteiger partial charge is 0.458 e. The highest BCUT2D eigenvalue weighted by Gasteiger charge is 2.15. The van der Waals surface area contributed by atoms with Crippen molar-refractivity contribution in [1.29, 1.82) is 0 Å². The van der Waals surface area contributed by atoms with Gasteiger partial charge in [0, 0.05) is 25.1 Å². The lowest BCUT2D eigenvalue weighted by Gasteiger charge is -2.05. The van der Waals surface area contributed by atoms with Crippen LogP contribution in [0.15, 0.2) is 50.2 Å². The lowest BCUT2D eigenvalue weighted by atomic mass is 10.4. The first-order chi connectivity index (χ1) is 10.5. The lowest BCUT2D eigenvalue weighted by Crippen LogP contribution is -2.16. The predicted octanol–water partition coefficient (Wildman–Crippen LogP) is 1.75. The number of esters is 2. The first kappa shape index (κ1) is 19.4. The molecule has 1 heterocycles. The van der Waals surface area contributed by atoms with Crippen molar-refractivity contribution in [3.63, 3.8) is 0 Å². The molecule has 0 unspecified atom stereocenters. The van der Waals surface area contributed by atoms with E-state index in [1.165, 1.54) is 12.2 Å². The van der Waals surface area contributed by atoms with Gasteiger partial charge in [0.25, 0.3) is 0 Å². The molecule has 1 fully saturated rings. The van der Waals surface area contributed by atoms with Crippen molar-refractivity contribution < 1.29 is 23.9 Å². The Kier molecular flexibility index (Phi) is 10.7. The molecule has 22 heavy (non-hydrogen) atoms. The highest BCUT2D eigenvalue weighted by molar-refractivity contribution is 5.91. The van der Waals surface area contributed by atoms with Crippen LogP contribution in [-0.4, -0.2) is 42.5 Å². The maximum Gasteiger partial charge on any atom is 0.331 e. The molecule has 1 saturated heterocycles. The summed E-state index contributed by atoms with van der Waals surface area (Å²) in [5.41, 5.74) is 0. The Morgan fingerprint density at radius 1 is 1.05 bits per heavy atom. The summed E-state index contributed by atoms with van der Waals surface area (Å²) in [5, 5.41) is 0. The van der Waals surface area contributed by atoms with Gasteiger partial charge >= 0.3 is 11.9 Å². The molecule has 0 atom stereocenters. The molecular weight excluding hydrogens is 286 g/mol. The quantitative estimate of drug-likeness (QED) is 0.407. The summed E-state index contributed by atoms with van der Waals surface area (Å²) in [4.78, 5) is 33.9. The van der Waals surface area contributed by atoms with E-state index < -0.39 is 11.9 Å². The minimum atomic E-state index is -0.611. The van der Waals surface area contributed by atoms with Crippen LogP contribution in [0.5, 0.6) is 0 Å². The van der Waals surface area contributed by atoms with Crippen LogP contribution in [0.3, 0.4) is 0 Å². The molecule has 1 rings (SSSR count). The Labute approximate surface area is 130 Å². The second-order valence-corrected chi connectivity index (χ2v) is 4.04. The van der Waals surface area contributed by atoms with Crippen LogP contribution in [0.1, 0.15) is 12.8 Å². The summed E-state index contributed by atoms with van der Waals surface area (Å²) < 4.78 is 9.15. The number of amides is 1. The summed E-state index contributed by atoms with van der Waals surface area (Å²) in [6.07, 6.45) is 8.14. The maximum atomic E-state index is 10.8. The van der Waals surface area contributed by atoms with Crippen molar-refractivity contribution in [2.24, 2.45) is 0 Å². The molecule has 1 amide bonds. The summed E-state index contributed by atoms with van der Waals surface area (Å²) in [5.74, 6) is -1.01. The van der Waals surface area contributed by atoms with E-state index in [0.29, 0.717) is 6.42 Å². The molecular formula is C16H21NO5. The van der Waals surface area contributed by atoms with E-state index in [1.807, 2.05) is 0 Å². The topological polar surface area (TPSA) is 72.9 Å². The van der Waals surface area contributed by atoms with Crippen molar-refractivity contribution in [2.75, 3.05) is 19.8 Å². The predicted molar refractivity (Wildman–Crippen MR) is 82.6 cm³/mol. The molecule has 0 aromatic heterocycles. The molecule has 0 N–H and O–H groups in total. The summed E-state index contributed by atoms with van der Waals surface area (Å²) in [6.45, 7) is 11.3. The molecule has 0 bridgehead atoms. The third kappa shape index (κ3) is 9.30. The Bertz CT molecular complexity index is 427. The lowest BCUT2D eigenvalue weighted by molar-refractivity contribution is -0.139. The number of ether oxygens (including phenoxy) is 2. The number of rotatable bonds is 7. The Morgan fingerprint density at radius 2 is 1.55 bits per heavy atom. The zero-order valence-corrected chi connectivity index (χ0v) is 12.5. The van der Waals surface area contributed by atoms with Gasteiger partial charge in [0.15, 0.2) is 0 Å². The van der Waals surface area contributed by atoms with Gasteiger partial charge in [-0.05, 0) is 12.6 Å². The van der Waals surface area contributed by atoms with Gasteiger partial charge in [0.05, 0.1) is 0 Å². The number of likely N-dealkylation sites (tertiary alicyclic amines) is 1. The van der Waals surface area contributed by atoms with Gasteiger partial charge in [-0.3, -0.25) is 4.79 Å². The molecule has 1 aliphatic heterocycles. The summed E-state index contributed by atoms with van der Waals surface area (Å²) in [7, 11) is 0. The molecule has 0 spiro atoms. The van der Waals surface area contributed by atoms with E-state index in [1.54, 1.807) is 11.1 Å². The van der Waals surface area contributed by atoms with E-state index in [9.17, 15) is 14.4 Å². The van der Waals surface area contributed by atoms with Crippen LogP contribution < -0.4 is 0 Å². The molecule has 0 radical (unpaired) electrons. The van der Waals surface area contributed by atoms with Gasteiger partial charge in [-0.1, -0.05) is 31.9 Å².